The molecule has 0 radical (unpaired) electrons. The van der Waals surface area contributed by atoms with E-state index >= 15 is 0 Å². The van der Waals surface area contributed by atoms with Crippen LogP contribution in [0.15, 0.2) is 33.9 Å². The number of hydrogen-bond acceptors (Lipinski definition) is 6. The van der Waals surface area contributed by atoms with Crippen molar-refractivity contribution in [2.45, 2.75) is 6.42 Å². The highest BCUT2D eigenvalue weighted by molar-refractivity contribution is 7.85. The summed E-state index contributed by atoms with van der Waals surface area (Å²) in [6.45, 7) is 0.350. The second kappa shape index (κ2) is 9.53. The molecule has 1 aromatic carbocycles. The van der Waals surface area contributed by atoms with E-state index in [0.717, 1.165) is 11.1 Å². The van der Waals surface area contributed by atoms with Crippen LogP contribution < -0.4 is 16.2 Å². The number of fused-ring (bicyclic) bond motifs is 1. The molecule has 1 aromatic rings. The third kappa shape index (κ3) is 7.77. The zero-order chi connectivity index (χ0) is 19.7. The van der Waals surface area contributed by atoms with Crippen molar-refractivity contribution in [2.24, 2.45) is 21.6 Å². The van der Waals surface area contributed by atoms with Crippen LogP contribution in [0.25, 0.3) is 6.08 Å². The van der Waals surface area contributed by atoms with E-state index < -0.39 is 16.0 Å². The van der Waals surface area contributed by atoms with Crippen LogP contribution in [0, 0.1) is 0 Å². The maximum absolute atomic E-state index is 11.9. The molecule has 0 unspecified atom stereocenters. The topological polar surface area (TPSA) is 167 Å². The standard InChI is InChI=1S/C14H16N4O3.CH4O3S/c1-20-17-8-11-4-2-3-9-7-10(5-6-21-12(9)11)13(19)18-14(15)16;1-5(2,3)4/h2-4,7-8H,5-6H2,1H3,(H4,15,16,18,19);1H3,(H,2,3,4)/b17-8+;. The summed E-state index contributed by atoms with van der Waals surface area (Å²) >= 11 is 0. The molecule has 0 saturated heterocycles. The van der Waals surface area contributed by atoms with Crippen molar-refractivity contribution in [3.63, 3.8) is 0 Å². The lowest BCUT2D eigenvalue weighted by molar-refractivity contribution is -0.114. The van der Waals surface area contributed by atoms with Gasteiger partial charge in [-0.3, -0.25) is 9.35 Å². The number of nitrogens with two attached hydrogens (primary N) is 2. The predicted octanol–water partition coefficient (Wildman–Crippen LogP) is 0.137. The summed E-state index contributed by atoms with van der Waals surface area (Å²) in [4.78, 5) is 20.1. The van der Waals surface area contributed by atoms with E-state index in [4.69, 9.17) is 20.8 Å². The first kappa shape index (κ1) is 21.1. The molecule has 0 fully saturated rings. The number of ether oxygens (including phenoxy) is 1. The van der Waals surface area contributed by atoms with Gasteiger partial charge >= 0.3 is 0 Å². The van der Waals surface area contributed by atoms with Crippen LogP contribution in [-0.2, 0) is 19.8 Å². The number of amides is 1. The number of hydrogen-bond donors (Lipinski definition) is 3. The second-order valence-electron chi connectivity index (χ2n) is 5.03. The highest BCUT2D eigenvalue weighted by Gasteiger charge is 2.17. The van der Waals surface area contributed by atoms with E-state index in [1.807, 2.05) is 18.2 Å². The van der Waals surface area contributed by atoms with E-state index in [9.17, 15) is 13.2 Å². The Balaban J connectivity index is 0.000000597. The van der Waals surface area contributed by atoms with Crippen LogP contribution >= 0.6 is 0 Å². The molecule has 0 aromatic heterocycles. The monoisotopic (exact) mass is 384 g/mol. The number of rotatable bonds is 3. The van der Waals surface area contributed by atoms with Crippen LogP contribution in [0.2, 0.25) is 0 Å². The van der Waals surface area contributed by atoms with Crippen molar-refractivity contribution in [1.29, 1.82) is 0 Å². The predicted molar refractivity (Wildman–Crippen MR) is 97.4 cm³/mol. The summed E-state index contributed by atoms with van der Waals surface area (Å²) in [6, 6.07) is 5.52. The highest BCUT2D eigenvalue weighted by Crippen LogP contribution is 2.29. The van der Waals surface area contributed by atoms with Crippen LogP contribution in [-0.4, -0.2) is 51.0 Å². The van der Waals surface area contributed by atoms with Gasteiger partial charge in [0.25, 0.3) is 16.0 Å². The first-order valence-electron chi connectivity index (χ1n) is 7.21. The summed E-state index contributed by atoms with van der Waals surface area (Å²) in [7, 11) is -2.20. The van der Waals surface area contributed by atoms with Gasteiger partial charge in [0.15, 0.2) is 5.96 Å². The molecule has 1 aliphatic rings. The number of guanidine groups is 1. The maximum Gasteiger partial charge on any atom is 0.276 e. The summed E-state index contributed by atoms with van der Waals surface area (Å²) in [6.07, 6.45) is 4.41. The van der Waals surface area contributed by atoms with Gasteiger partial charge in [0, 0.05) is 23.1 Å². The molecule has 1 heterocycles. The highest BCUT2D eigenvalue weighted by atomic mass is 32.2. The Hall–Kier alpha value is -2.92. The molecule has 142 valence electrons. The third-order valence-electron chi connectivity index (χ3n) is 2.83. The first-order valence-corrected chi connectivity index (χ1v) is 9.06. The maximum atomic E-state index is 11.9. The van der Waals surface area contributed by atoms with Crippen molar-refractivity contribution in [2.75, 3.05) is 20.0 Å². The van der Waals surface area contributed by atoms with E-state index in [0.29, 0.717) is 30.6 Å². The van der Waals surface area contributed by atoms with Crippen LogP contribution in [0.4, 0.5) is 0 Å². The van der Waals surface area contributed by atoms with Crippen molar-refractivity contribution in [3.05, 3.63) is 34.9 Å². The van der Waals surface area contributed by atoms with E-state index in [1.54, 1.807) is 12.3 Å². The molecule has 26 heavy (non-hydrogen) atoms. The molecule has 0 spiro atoms. The molecular weight excluding hydrogens is 364 g/mol. The Morgan fingerprint density at radius 1 is 1.38 bits per heavy atom. The van der Waals surface area contributed by atoms with Gasteiger partial charge < -0.3 is 21.0 Å². The van der Waals surface area contributed by atoms with Gasteiger partial charge in [0.1, 0.15) is 12.9 Å². The molecule has 5 N–H and O–H groups in total. The smallest absolute Gasteiger partial charge is 0.276 e. The second-order valence-corrected chi connectivity index (χ2v) is 6.49. The van der Waals surface area contributed by atoms with Gasteiger partial charge in [-0.25, -0.2) is 0 Å². The number of nitrogens with zero attached hydrogens (tertiary/aromatic N) is 2. The lowest BCUT2D eigenvalue weighted by atomic mass is 10.1. The Morgan fingerprint density at radius 3 is 2.62 bits per heavy atom. The summed E-state index contributed by atoms with van der Waals surface area (Å²) in [5.41, 5.74) is 12.5. The zero-order valence-electron chi connectivity index (χ0n) is 14.2. The SMILES string of the molecule is CO/N=C/c1cccc2c1OCCC(C(=O)N=C(N)N)=C2.CS(=O)(=O)O. The zero-order valence-corrected chi connectivity index (χ0v) is 15.1. The third-order valence-corrected chi connectivity index (χ3v) is 2.83. The van der Waals surface area contributed by atoms with Crippen LogP contribution in [0.3, 0.4) is 0 Å². The fourth-order valence-corrected chi connectivity index (χ4v) is 1.95. The van der Waals surface area contributed by atoms with Gasteiger partial charge in [0.05, 0.1) is 19.1 Å². The van der Waals surface area contributed by atoms with Crippen molar-refractivity contribution in [3.8, 4) is 5.75 Å². The molecule has 0 bridgehead atoms. The number of oxime groups is 1. The number of para-hydroxylation sites is 1. The Labute approximate surface area is 150 Å². The van der Waals surface area contributed by atoms with E-state index in [-0.39, 0.29) is 5.96 Å². The molecule has 1 amide bonds. The molecular formula is C15H20N4O6S. The molecule has 11 heteroatoms. The van der Waals surface area contributed by atoms with Gasteiger partial charge in [0.2, 0.25) is 0 Å². The first-order chi connectivity index (χ1) is 12.1. The summed E-state index contributed by atoms with van der Waals surface area (Å²) < 4.78 is 31.6. The van der Waals surface area contributed by atoms with Crippen molar-refractivity contribution < 1.29 is 27.3 Å². The van der Waals surface area contributed by atoms with E-state index in [1.165, 1.54) is 7.11 Å². The van der Waals surface area contributed by atoms with Crippen LogP contribution in [0.5, 0.6) is 5.75 Å². The Kier molecular flexibility index (Phi) is 7.75. The number of carbonyl (C=O) groups is 1. The number of aliphatic imine (C=N–C) groups is 1. The lowest BCUT2D eigenvalue weighted by Gasteiger charge is -2.08. The van der Waals surface area contributed by atoms with E-state index in [2.05, 4.69) is 15.0 Å². The van der Waals surface area contributed by atoms with Crippen LogP contribution in [0.1, 0.15) is 17.5 Å². The molecule has 2 rings (SSSR count). The van der Waals surface area contributed by atoms with Gasteiger partial charge in [-0.15, -0.1) is 0 Å². The normalized spacial score (nSPS) is 13.3. The molecule has 0 saturated carbocycles. The number of carbonyl (C=O) groups excluding carboxylic acids is 1. The molecule has 0 atom stereocenters. The summed E-state index contributed by atoms with van der Waals surface area (Å²) in [5, 5.41) is 3.73. The van der Waals surface area contributed by atoms with Crippen molar-refractivity contribution >= 4 is 34.3 Å². The Bertz CT molecular complexity index is 834. The summed E-state index contributed by atoms with van der Waals surface area (Å²) in [5.74, 6) is -0.0690. The molecule has 0 aliphatic carbocycles. The molecule has 1 aliphatic heterocycles. The largest absolute Gasteiger partial charge is 0.492 e. The van der Waals surface area contributed by atoms with Gasteiger partial charge in [-0.05, 0) is 12.1 Å². The quantitative estimate of drug-likeness (QED) is 0.286. The minimum atomic E-state index is -3.67. The van der Waals surface area contributed by atoms with Gasteiger partial charge in [-0.2, -0.15) is 13.4 Å². The Morgan fingerprint density at radius 2 is 2.04 bits per heavy atom. The molecule has 10 nitrogen and oxygen atoms in total. The van der Waals surface area contributed by atoms with Crippen molar-refractivity contribution in [1.82, 2.24) is 0 Å². The number of benzene rings is 1. The average Bonchev–Trinajstić information content (AvgIpc) is 2.73. The fraction of sp³-hybridized carbons (Fsp3) is 0.267. The lowest BCUT2D eigenvalue weighted by Crippen LogP contribution is -2.24. The average molecular weight is 384 g/mol. The fourth-order valence-electron chi connectivity index (χ4n) is 1.95. The minimum absolute atomic E-state index is 0.257. The van der Waals surface area contributed by atoms with Gasteiger partial charge in [-0.1, -0.05) is 17.3 Å². The minimum Gasteiger partial charge on any atom is -0.492 e.